The second-order valence-electron chi connectivity index (χ2n) is 3.99. The second kappa shape index (κ2) is 4.29. The standard InChI is InChI=1S/C11H15N3O/c12-10-7-13-3-2-9(10)5-8-1-4-14-11(15)6-8/h2-3,7-8H,1,4-6,12H2,(H,14,15). The van der Waals surface area contributed by atoms with Gasteiger partial charge in [-0.15, -0.1) is 0 Å². The molecule has 0 radical (unpaired) electrons. The van der Waals surface area contributed by atoms with Crippen LogP contribution >= 0.6 is 0 Å². The summed E-state index contributed by atoms with van der Waals surface area (Å²) >= 11 is 0. The molecule has 0 saturated carbocycles. The molecule has 1 aliphatic heterocycles. The number of piperidine rings is 1. The first-order valence-electron chi connectivity index (χ1n) is 5.21. The Morgan fingerprint density at radius 1 is 1.60 bits per heavy atom. The van der Waals surface area contributed by atoms with Gasteiger partial charge < -0.3 is 11.1 Å². The van der Waals surface area contributed by atoms with Crippen LogP contribution in [-0.2, 0) is 11.2 Å². The van der Waals surface area contributed by atoms with Gasteiger partial charge in [0.25, 0.3) is 0 Å². The molecule has 1 amide bonds. The first-order valence-corrected chi connectivity index (χ1v) is 5.21. The number of hydrogen-bond donors (Lipinski definition) is 2. The van der Waals surface area contributed by atoms with Crippen molar-refractivity contribution in [3.8, 4) is 0 Å². The SMILES string of the molecule is Nc1cnccc1CC1CCNC(=O)C1. The van der Waals surface area contributed by atoms with Crippen molar-refractivity contribution in [2.45, 2.75) is 19.3 Å². The van der Waals surface area contributed by atoms with Crippen molar-refractivity contribution >= 4 is 11.6 Å². The predicted molar refractivity (Wildman–Crippen MR) is 58.1 cm³/mol. The van der Waals surface area contributed by atoms with Crippen molar-refractivity contribution < 1.29 is 4.79 Å². The zero-order valence-electron chi connectivity index (χ0n) is 8.57. The van der Waals surface area contributed by atoms with Crippen LogP contribution in [0.2, 0.25) is 0 Å². The molecule has 3 N–H and O–H groups in total. The number of nitrogen functional groups attached to an aromatic ring is 1. The highest BCUT2D eigenvalue weighted by atomic mass is 16.1. The lowest BCUT2D eigenvalue weighted by Crippen LogP contribution is -2.34. The lowest BCUT2D eigenvalue weighted by atomic mass is 9.90. The first-order chi connectivity index (χ1) is 7.25. The number of carbonyl (C=O) groups excluding carboxylic acids is 1. The maximum absolute atomic E-state index is 11.2. The van der Waals surface area contributed by atoms with Gasteiger partial charge >= 0.3 is 0 Å². The van der Waals surface area contributed by atoms with Crippen molar-refractivity contribution in [1.82, 2.24) is 10.3 Å². The van der Waals surface area contributed by atoms with Crippen molar-refractivity contribution in [1.29, 1.82) is 0 Å². The molecule has 0 spiro atoms. The number of pyridine rings is 1. The van der Waals surface area contributed by atoms with Crippen LogP contribution < -0.4 is 11.1 Å². The molecule has 2 rings (SSSR count). The van der Waals surface area contributed by atoms with Crippen LogP contribution in [0.1, 0.15) is 18.4 Å². The van der Waals surface area contributed by atoms with Gasteiger partial charge in [0, 0.05) is 19.2 Å². The van der Waals surface area contributed by atoms with Gasteiger partial charge in [0.1, 0.15) is 0 Å². The van der Waals surface area contributed by atoms with Crippen LogP contribution in [0.4, 0.5) is 5.69 Å². The summed E-state index contributed by atoms with van der Waals surface area (Å²) < 4.78 is 0. The van der Waals surface area contributed by atoms with E-state index in [1.54, 1.807) is 12.4 Å². The fourth-order valence-electron chi connectivity index (χ4n) is 1.96. The summed E-state index contributed by atoms with van der Waals surface area (Å²) in [7, 11) is 0. The van der Waals surface area contributed by atoms with Crippen molar-refractivity contribution in [2.24, 2.45) is 5.92 Å². The molecule has 4 heteroatoms. The molecular weight excluding hydrogens is 190 g/mol. The maximum atomic E-state index is 11.2. The maximum Gasteiger partial charge on any atom is 0.220 e. The number of hydrogen-bond acceptors (Lipinski definition) is 3. The molecule has 1 atom stereocenters. The highest BCUT2D eigenvalue weighted by Crippen LogP contribution is 2.21. The lowest BCUT2D eigenvalue weighted by Gasteiger charge is -2.22. The van der Waals surface area contributed by atoms with Crippen molar-refractivity contribution in [2.75, 3.05) is 12.3 Å². The minimum Gasteiger partial charge on any atom is -0.397 e. The topological polar surface area (TPSA) is 68.0 Å². The molecule has 80 valence electrons. The van der Waals surface area contributed by atoms with E-state index in [0.717, 1.165) is 30.6 Å². The number of nitrogens with zero attached hydrogens (tertiary/aromatic N) is 1. The summed E-state index contributed by atoms with van der Waals surface area (Å²) in [5, 5.41) is 2.83. The molecule has 15 heavy (non-hydrogen) atoms. The van der Waals surface area contributed by atoms with Crippen LogP contribution in [0.5, 0.6) is 0 Å². The normalized spacial score (nSPS) is 21.1. The number of carbonyl (C=O) groups is 1. The third-order valence-electron chi connectivity index (χ3n) is 2.80. The Labute approximate surface area is 88.9 Å². The fourth-order valence-corrected chi connectivity index (χ4v) is 1.96. The van der Waals surface area contributed by atoms with Crippen LogP contribution in [0.15, 0.2) is 18.5 Å². The van der Waals surface area contributed by atoms with Crippen LogP contribution in [0.3, 0.4) is 0 Å². The molecule has 4 nitrogen and oxygen atoms in total. The van der Waals surface area contributed by atoms with Crippen molar-refractivity contribution in [3.63, 3.8) is 0 Å². The molecule has 1 fully saturated rings. The van der Waals surface area contributed by atoms with Gasteiger partial charge in [-0.05, 0) is 30.4 Å². The lowest BCUT2D eigenvalue weighted by molar-refractivity contribution is -0.123. The van der Waals surface area contributed by atoms with Gasteiger partial charge in [-0.25, -0.2) is 0 Å². The monoisotopic (exact) mass is 205 g/mol. The molecule has 0 aromatic carbocycles. The zero-order chi connectivity index (χ0) is 10.7. The Balaban J connectivity index is 2.02. The molecule has 1 aromatic heterocycles. The molecule has 1 unspecified atom stereocenters. The summed E-state index contributed by atoms with van der Waals surface area (Å²) in [5.41, 5.74) is 7.64. The van der Waals surface area contributed by atoms with E-state index in [1.807, 2.05) is 6.07 Å². The van der Waals surface area contributed by atoms with E-state index in [9.17, 15) is 4.79 Å². The van der Waals surface area contributed by atoms with E-state index >= 15 is 0 Å². The predicted octanol–water partition coefficient (Wildman–Crippen LogP) is 0.732. The minimum atomic E-state index is 0.152. The summed E-state index contributed by atoms with van der Waals surface area (Å²) in [5.74, 6) is 0.572. The summed E-state index contributed by atoms with van der Waals surface area (Å²) in [4.78, 5) is 15.1. The fraction of sp³-hybridized carbons (Fsp3) is 0.455. The zero-order valence-corrected chi connectivity index (χ0v) is 8.57. The molecule has 0 aliphatic carbocycles. The van der Waals surface area contributed by atoms with E-state index < -0.39 is 0 Å². The van der Waals surface area contributed by atoms with Gasteiger partial charge in [0.05, 0.1) is 11.9 Å². The van der Waals surface area contributed by atoms with Gasteiger partial charge in [-0.3, -0.25) is 9.78 Å². The Morgan fingerprint density at radius 3 is 3.20 bits per heavy atom. The smallest absolute Gasteiger partial charge is 0.220 e. The number of rotatable bonds is 2. The molecule has 1 saturated heterocycles. The van der Waals surface area contributed by atoms with Gasteiger partial charge in [-0.2, -0.15) is 0 Å². The minimum absolute atomic E-state index is 0.152. The van der Waals surface area contributed by atoms with Crippen molar-refractivity contribution in [3.05, 3.63) is 24.0 Å². The van der Waals surface area contributed by atoms with E-state index in [2.05, 4.69) is 10.3 Å². The Kier molecular flexibility index (Phi) is 2.85. The number of amides is 1. The molecule has 1 aliphatic rings. The number of nitrogens with one attached hydrogen (secondary N) is 1. The Morgan fingerprint density at radius 2 is 2.47 bits per heavy atom. The number of nitrogens with two attached hydrogens (primary N) is 1. The highest BCUT2D eigenvalue weighted by Gasteiger charge is 2.19. The molecule has 1 aromatic rings. The third kappa shape index (κ3) is 2.46. The first kappa shape index (κ1) is 9.96. The van der Waals surface area contributed by atoms with Crippen LogP contribution in [-0.4, -0.2) is 17.4 Å². The number of aromatic nitrogens is 1. The third-order valence-corrected chi connectivity index (χ3v) is 2.80. The average Bonchev–Trinajstić information content (AvgIpc) is 2.22. The van der Waals surface area contributed by atoms with Crippen LogP contribution in [0, 0.1) is 5.92 Å². The van der Waals surface area contributed by atoms with E-state index in [4.69, 9.17) is 5.73 Å². The highest BCUT2D eigenvalue weighted by molar-refractivity contribution is 5.76. The summed E-state index contributed by atoms with van der Waals surface area (Å²) in [6, 6.07) is 1.93. The van der Waals surface area contributed by atoms with E-state index in [1.165, 1.54) is 0 Å². The quantitative estimate of drug-likeness (QED) is 0.748. The molecule has 2 heterocycles. The van der Waals surface area contributed by atoms with E-state index in [0.29, 0.717) is 12.3 Å². The van der Waals surface area contributed by atoms with Gasteiger partial charge in [0.15, 0.2) is 0 Å². The average molecular weight is 205 g/mol. The molecule has 0 bridgehead atoms. The van der Waals surface area contributed by atoms with E-state index in [-0.39, 0.29) is 5.91 Å². The van der Waals surface area contributed by atoms with Crippen LogP contribution in [0.25, 0.3) is 0 Å². The molecular formula is C11H15N3O. The largest absolute Gasteiger partial charge is 0.397 e. The second-order valence-corrected chi connectivity index (χ2v) is 3.99. The summed E-state index contributed by atoms with van der Waals surface area (Å²) in [6.07, 6.45) is 5.93. The summed E-state index contributed by atoms with van der Waals surface area (Å²) in [6.45, 7) is 0.786. The number of anilines is 1. The Bertz CT molecular complexity index is 365. The van der Waals surface area contributed by atoms with Gasteiger partial charge in [0.2, 0.25) is 5.91 Å². The Hall–Kier alpha value is -1.58. The van der Waals surface area contributed by atoms with Gasteiger partial charge in [-0.1, -0.05) is 0 Å².